The van der Waals surface area contributed by atoms with Crippen LogP contribution in [0, 0.1) is 0 Å². The van der Waals surface area contributed by atoms with Crippen molar-refractivity contribution in [2.75, 3.05) is 0 Å². The topological polar surface area (TPSA) is 60.2 Å². The van der Waals surface area contributed by atoms with Gasteiger partial charge in [-0.3, -0.25) is 4.79 Å². The van der Waals surface area contributed by atoms with Crippen molar-refractivity contribution in [1.82, 2.24) is 19.8 Å². The van der Waals surface area contributed by atoms with E-state index in [4.69, 9.17) is 23.2 Å². The first-order valence-electron chi connectivity index (χ1n) is 5.72. The van der Waals surface area contributed by atoms with Gasteiger partial charge in [0, 0.05) is 6.42 Å². The molecule has 0 radical (unpaired) electrons. The number of benzene rings is 1. The maximum absolute atomic E-state index is 12.3. The first kappa shape index (κ1) is 13.5. The molecule has 0 atom stereocenters. The Hall–Kier alpha value is -1.50. The predicted octanol–water partition coefficient (Wildman–Crippen LogP) is 2.61. The summed E-state index contributed by atoms with van der Waals surface area (Å²) in [6, 6.07) is 9.59. The van der Waals surface area contributed by atoms with Gasteiger partial charge in [0.25, 0.3) is 5.56 Å². The lowest BCUT2D eigenvalue weighted by Gasteiger charge is -1.99. The third-order valence-corrected chi connectivity index (χ3v) is 4.31. The first-order valence-corrected chi connectivity index (χ1v) is 7.41. The molecule has 0 aliphatic heterocycles. The Balaban J connectivity index is 2.05. The van der Waals surface area contributed by atoms with Crippen molar-refractivity contribution in [3.8, 4) is 0 Å². The third-order valence-electron chi connectivity index (χ3n) is 2.67. The van der Waals surface area contributed by atoms with Crippen LogP contribution in [0.5, 0.6) is 0 Å². The minimum Gasteiger partial charge on any atom is -0.265 e. The Labute approximate surface area is 127 Å². The van der Waals surface area contributed by atoms with E-state index in [0.717, 1.165) is 16.9 Å². The van der Waals surface area contributed by atoms with Crippen LogP contribution in [-0.4, -0.2) is 19.8 Å². The molecule has 20 heavy (non-hydrogen) atoms. The highest BCUT2D eigenvalue weighted by atomic mass is 35.5. The molecular weight excluding hydrogens is 319 g/mol. The quantitative estimate of drug-likeness (QED) is 0.694. The molecule has 8 heteroatoms. The molecule has 5 nitrogen and oxygen atoms in total. The van der Waals surface area contributed by atoms with Crippen LogP contribution in [0.2, 0.25) is 0 Å². The molecule has 0 fully saturated rings. The zero-order chi connectivity index (χ0) is 14.1. The van der Waals surface area contributed by atoms with E-state index in [9.17, 15) is 4.79 Å². The molecule has 0 saturated carbocycles. The van der Waals surface area contributed by atoms with E-state index in [0.29, 0.717) is 22.1 Å². The van der Waals surface area contributed by atoms with Crippen molar-refractivity contribution in [1.29, 1.82) is 0 Å². The second-order valence-corrected chi connectivity index (χ2v) is 6.13. The van der Waals surface area contributed by atoms with E-state index in [1.54, 1.807) is 0 Å². The minimum atomic E-state index is -0.779. The van der Waals surface area contributed by atoms with Crippen molar-refractivity contribution in [2.45, 2.75) is 11.3 Å². The van der Waals surface area contributed by atoms with Crippen LogP contribution < -0.4 is 5.56 Å². The molecule has 0 aliphatic rings. The summed E-state index contributed by atoms with van der Waals surface area (Å²) in [4.78, 5) is 11.9. The van der Waals surface area contributed by atoms with Crippen LogP contribution in [0.15, 0.2) is 35.1 Å². The fraction of sp³-hybridized carbons (Fsp3) is 0.167. The monoisotopic (exact) mass is 326 g/mol. The molecule has 0 saturated heterocycles. The number of nitrogens with zero attached hydrogens (tertiary/aromatic N) is 4. The highest BCUT2D eigenvalue weighted by Gasteiger charge is 2.15. The van der Waals surface area contributed by atoms with E-state index in [1.807, 2.05) is 30.3 Å². The largest absolute Gasteiger partial charge is 0.297 e. The highest BCUT2D eigenvalue weighted by Crippen LogP contribution is 2.27. The number of rotatable bonds is 3. The number of fused-ring (bicyclic) bond motifs is 1. The molecule has 1 aromatic carbocycles. The normalized spacial score (nSPS) is 11.3. The van der Waals surface area contributed by atoms with Crippen LogP contribution in [0.25, 0.3) is 4.96 Å². The summed E-state index contributed by atoms with van der Waals surface area (Å²) >= 11 is 12.6. The Bertz CT molecular complexity index is 800. The van der Waals surface area contributed by atoms with Crippen molar-refractivity contribution < 1.29 is 0 Å². The third kappa shape index (κ3) is 2.54. The van der Waals surface area contributed by atoms with Gasteiger partial charge in [0.15, 0.2) is 9.84 Å². The van der Waals surface area contributed by atoms with E-state index < -0.39 is 4.84 Å². The molecule has 102 valence electrons. The lowest BCUT2D eigenvalue weighted by molar-refractivity contribution is 0.797. The Kier molecular flexibility index (Phi) is 3.69. The molecule has 0 bridgehead atoms. The molecule has 0 aliphatic carbocycles. The van der Waals surface area contributed by atoms with E-state index in [1.165, 1.54) is 4.52 Å². The Morgan fingerprint density at radius 1 is 1.20 bits per heavy atom. The summed E-state index contributed by atoms with van der Waals surface area (Å²) in [7, 11) is 0. The van der Waals surface area contributed by atoms with Crippen LogP contribution in [0.1, 0.15) is 21.1 Å². The second-order valence-electron chi connectivity index (χ2n) is 4.05. The molecule has 3 rings (SSSR count). The van der Waals surface area contributed by atoms with Gasteiger partial charge in [-0.2, -0.15) is 9.61 Å². The lowest BCUT2D eigenvalue weighted by atomic mass is 10.1. The number of halogens is 2. The second kappa shape index (κ2) is 5.47. The fourth-order valence-electron chi connectivity index (χ4n) is 1.75. The summed E-state index contributed by atoms with van der Waals surface area (Å²) in [5, 5.41) is 12.5. The van der Waals surface area contributed by atoms with E-state index >= 15 is 0 Å². The van der Waals surface area contributed by atoms with Gasteiger partial charge in [-0.15, -0.1) is 10.2 Å². The number of aromatic nitrogens is 4. The van der Waals surface area contributed by atoms with Gasteiger partial charge in [0.05, 0.1) is 0 Å². The number of hydrogen-bond donors (Lipinski definition) is 0. The van der Waals surface area contributed by atoms with Gasteiger partial charge >= 0.3 is 0 Å². The lowest BCUT2D eigenvalue weighted by Crippen LogP contribution is -2.22. The number of alkyl halides is 2. The van der Waals surface area contributed by atoms with Crippen LogP contribution in [0.4, 0.5) is 0 Å². The molecular formula is C12H8Cl2N4OS. The van der Waals surface area contributed by atoms with Crippen molar-refractivity contribution in [3.63, 3.8) is 0 Å². The van der Waals surface area contributed by atoms with Crippen molar-refractivity contribution >= 4 is 39.5 Å². The highest BCUT2D eigenvalue weighted by molar-refractivity contribution is 7.17. The number of hydrogen-bond acceptors (Lipinski definition) is 5. The molecule has 0 amide bonds. The summed E-state index contributed by atoms with van der Waals surface area (Å²) in [6.07, 6.45) is 0.410. The Morgan fingerprint density at radius 3 is 2.65 bits per heavy atom. The summed E-state index contributed by atoms with van der Waals surface area (Å²) in [5.74, 6) is 0. The average molecular weight is 327 g/mol. The maximum atomic E-state index is 12.3. The minimum absolute atomic E-state index is 0.296. The smallest absolute Gasteiger partial charge is 0.265 e. The van der Waals surface area contributed by atoms with Gasteiger partial charge in [0.1, 0.15) is 5.69 Å². The average Bonchev–Trinajstić information content (AvgIpc) is 2.88. The summed E-state index contributed by atoms with van der Waals surface area (Å²) < 4.78 is 1.20. The van der Waals surface area contributed by atoms with E-state index in [-0.39, 0.29) is 5.56 Å². The van der Waals surface area contributed by atoms with Crippen LogP contribution >= 0.6 is 34.5 Å². The zero-order valence-corrected chi connectivity index (χ0v) is 12.4. The molecule has 2 aromatic heterocycles. The molecule has 0 spiro atoms. The van der Waals surface area contributed by atoms with Crippen LogP contribution in [-0.2, 0) is 6.42 Å². The summed E-state index contributed by atoms with van der Waals surface area (Å²) in [5.41, 5.74) is 1.03. The van der Waals surface area contributed by atoms with Crippen molar-refractivity contribution in [2.24, 2.45) is 0 Å². The van der Waals surface area contributed by atoms with Gasteiger partial charge in [-0.1, -0.05) is 64.9 Å². The molecule has 0 N–H and O–H groups in total. The van der Waals surface area contributed by atoms with E-state index in [2.05, 4.69) is 15.3 Å². The zero-order valence-electron chi connectivity index (χ0n) is 10.0. The fourth-order valence-corrected chi connectivity index (χ4v) is 2.80. The molecule has 2 heterocycles. The standard InChI is InChI=1S/C12H8Cl2N4OS/c13-9(14)10-17-18-11(19)8(15-16-12(18)20-10)6-7-4-2-1-3-5-7/h1-5,9H,6H2. The molecule has 3 aromatic rings. The van der Waals surface area contributed by atoms with Crippen molar-refractivity contribution in [3.05, 3.63) is 57.0 Å². The van der Waals surface area contributed by atoms with Gasteiger partial charge in [0.2, 0.25) is 4.96 Å². The Morgan fingerprint density at radius 2 is 1.95 bits per heavy atom. The first-order chi connectivity index (χ1) is 9.65. The maximum Gasteiger partial charge on any atom is 0.297 e. The van der Waals surface area contributed by atoms with Gasteiger partial charge < -0.3 is 0 Å². The summed E-state index contributed by atoms with van der Waals surface area (Å²) in [6.45, 7) is 0. The van der Waals surface area contributed by atoms with Crippen LogP contribution in [0.3, 0.4) is 0 Å². The van der Waals surface area contributed by atoms with Gasteiger partial charge in [-0.05, 0) is 5.56 Å². The molecule has 0 unspecified atom stereocenters. The van der Waals surface area contributed by atoms with Gasteiger partial charge in [-0.25, -0.2) is 0 Å². The predicted molar refractivity (Wildman–Crippen MR) is 78.6 cm³/mol. The SMILES string of the molecule is O=c1c(Cc2ccccc2)nnc2sc(C(Cl)Cl)nn12.